The fourth-order valence-corrected chi connectivity index (χ4v) is 2.42. The van der Waals surface area contributed by atoms with Crippen LogP contribution in [0, 0.1) is 0 Å². The van der Waals surface area contributed by atoms with E-state index in [0.29, 0.717) is 33.5 Å². The van der Waals surface area contributed by atoms with Crippen LogP contribution < -0.4 is 20.5 Å². The van der Waals surface area contributed by atoms with Crippen molar-refractivity contribution in [2.45, 2.75) is 0 Å². The van der Waals surface area contributed by atoms with Crippen molar-refractivity contribution in [3.05, 3.63) is 45.9 Å². The Balaban J connectivity index is 1.88. The van der Waals surface area contributed by atoms with Crippen molar-refractivity contribution in [3.63, 3.8) is 0 Å². The predicted octanol–water partition coefficient (Wildman–Crippen LogP) is 3.56. The lowest BCUT2D eigenvalue weighted by Crippen LogP contribution is -2.13. The average molecular weight is 325 g/mol. The van der Waals surface area contributed by atoms with Crippen molar-refractivity contribution < 1.29 is 14.3 Å². The number of rotatable bonds is 2. The van der Waals surface area contributed by atoms with E-state index >= 15 is 0 Å². The van der Waals surface area contributed by atoms with Crippen molar-refractivity contribution in [3.8, 4) is 11.5 Å². The lowest BCUT2D eigenvalue weighted by molar-refractivity contribution is 0.102. The molecule has 0 aliphatic carbocycles. The van der Waals surface area contributed by atoms with Crippen LogP contribution in [0.4, 0.5) is 11.4 Å². The van der Waals surface area contributed by atoms with Gasteiger partial charge in [-0.15, -0.1) is 0 Å². The Bertz CT molecular complexity index is 734. The third-order valence-corrected chi connectivity index (χ3v) is 3.52. The van der Waals surface area contributed by atoms with Crippen LogP contribution in [0.15, 0.2) is 30.3 Å². The Kier molecular flexibility index (Phi) is 3.53. The Hall–Kier alpha value is -2.11. The number of fused-ring (bicyclic) bond motifs is 1. The van der Waals surface area contributed by atoms with Gasteiger partial charge < -0.3 is 20.5 Å². The quantitative estimate of drug-likeness (QED) is 0.828. The van der Waals surface area contributed by atoms with Gasteiger partial charge in [-0.25, -0.2) is 0 Å². The zero-order valence-electron chi connectivity index (χ0n) is 10.7. The van der Waals surface area contributed by atoms with Gasteiger partial charge in [0.2, 0.25) is 6.79 Å². The zero-order chi connectivity index (χ0) is 15.0. The summed E-state index contributed by atoms with van der Waals surface area (Å²) >= 11 is 11.8. The second-order valence-electron chi connectivity index (χ2n) is 4.37. The molecule has 0 saturated heterocycles. The number of amides is 1. The predicted molar refractivity (Wildman–Crippen MR) is 81.4 cm³/mol. The summed E-state index contributed by atoms with van der Waals surface area (Å²) in [6.07, 6.45) is 0. The lowest BCUT2D eigenvalue weighted by atomic mass is 10.2. The van der Waals surface area contributed by atoms with Crippen LogP contribution in [-0.4, -0.2) is 12.7 Å². The highest BCUT2D eigenvalue weighted by atomic mass is 35.5. The Labute approximate surface area is 130 Å². The molecule has 3 rings (SSSR count). The molecule has 2 aromatic carbocycles. The molecule has 0 radical (unpaired) electrons. The van der Waals surface area contributed by atoms with Crippen LogP contribution >= 0.6 is 23.2 Å². The van der Waals surface area contributed by atoms with Gasteiger partial charge in [0.15, 0.2) is 11.5 Å². The van der Waals surface area contributed by atoms with E-state index in [1.807, 2.05) is 0 Å². The van der Waals surface area contributed by atoms with Crippen LogP contribution in [0.25, 0.3) is 0 Å². The number of benzene rings is 2. The molecule has 1 amide bonds. The number of carbonyl (C=O) groups is 1. The second-order valence-corrected chi connectivity index (χ2v) is 5.21. The third kappa shape index (κ3) is 2.70. The maximum Gasteiger partial charge on any atom is 0.257 e. The highest BCUT2D eigenvalue weighted by Crippen LogP contribution is 2.38. The summed E-state index contributed by atoms with van der Waals surface area (Å²) in [4.78, 5) is 12.2. The number of carbonyl (C=O) groups excluding carboxylic acids is 1. The molecule has 21 heavy (non-hydrogen) atoms. The number of hydrogen-bond acceptors (Lipinski definition) is 4. The molecule has 5 nitrogen and oxygen atoms in total. The van der Waals surface area contributed by atoms with E-state index in [2.05, 4.69) is 5.32 Å². The average Bonchev–Trinajstić information content (AvgIpc) is 2.86. The summed E-state index contributed by atoms with van der Waals surface area (Å²) < 4.78 is 10.5. The first-order valence-corrected chi connectivity index (χ1v) is 6.76. The molecule has 0 fully saturated rings. The van der Waals surface area contributed by atoms with Gasteiger partial charge in [-0.1, -0.05) is 23.2 Å². The fourth-order valence-electron chi connectivity index (χ4n) is 1.93. The topological polar surface area (TPSA) is 73.6 Å². The van der Waals surface area contributed by atoms with Crippen molar-refractivity contribution in [1.82, 2.24) is 0 Å². The van der Waals surface area contributed by atoms with Gasteiger partial charge in [0, 0.05) is 17.2 Å². The zero-order valence-corrected chi connectivity index (χ0v) is 12.2. The summed E-state index contributed by atoms with van der Waals surface area (Å²) in [6, 6.07) is 7.84. The summed E-state index contributed by atoms with van der Waals surface area (Å²) in [6.45, 7) is 0.134. The standard InChI is InChI=1S/C14H10Cl2N2O3/c15-7-1-2-8(9(16)3-7)14(19)18-11-5-13-12(4-10(11)17)20-6-21-13/h1-5H,6,17H2,(H,18,19). The SMILES string of the molecule is Nc1cc2c(cc1NC(=O)c1ccc(Cl)cc1Cl)OCO2. The van der Waals surface area contributed by atoms with Crippen LogP contribution in [0.5, 0.6) is 11.5 Å². The molecule has 0 unspecified atom stereocenters. The first-order chi connectivity index (χ1) is 10.0. The van der Waals surface area contributed by atoms with E-state index < -0.39 is 0 Å². The van der Waals surface area contributed by atoms with Crippen LogP contribution in [0.1, 0.15) is 10.4 Å². The fraction of sp³-hybridized carbons (Fsp3) is 0.0714. The first-order valence-electron chi connectivity index (χ1n) is 6.00. The van der Waals surface area contributed by atoms with Crippen molar-refractivity contribution in [2.75, 3.05) is 17.8 Å². The van der Waals surface area contributed by atoms with Crippen molar-refractivity contribution in [1.29, 1.82) is 0 Å². The maximum atomic E-state index is 12.2. The minimum atomic E-state index is -0.387. The van der Waals surface area contributed by atoms with Gasteiger partial charge in [0.25, 0.3) is 5.91 Å². The van der Waals surface area contributed by atoms with Gasteiger partial charge in [-0.3, -0.25) is 4.79 Å². The molecule has 1 aliphatic heterocycles. The summed E-state index contributed by atoms with van der Waals surface area (Å²) in [5.41, 5.74) is 6.98. The first kappa shape index (κ1) is 13.9. The van der Waals surface area contributed by atoms with E-state index in [4.69, 9.17) is 38.4 Å². The molecule has 0 aromatic heterocycles. The number of nitrogen functional groups attached to an aromatic ring is 1. The van der Waals surface area contributed by atoms with Crippen LogP contribution in [0.3, 0.4) is 0 Å². The van der Waals surface area contributed by atoms with Gasteiger partial charge >= 0.3 is 0 Å². The van der Waals surface area contributed by atoms with Crippen LogP contribution in [0.2, 0.25) is 10.0 Å². The molecule has 7 heteroatoms. The van der Waals surface area contributed by atoms with E-state index in [1.165, 1.54) is 6.07 Å². The van der Waals surface area contributed by atoms with Gasteiger partial charge in [0.1, 0.15) is 0 Å². The van der Waals surface area contributed by atoms with Gasteiger partial charge in [-0.05, 0) is 18.2 Å². The molecule has 1 aliphatic rings. The minimum Gasteiger partial charge on any atom is -0.454 e. The molecule has 0 saturated carbocycles. The number of nitrogens with two attached hydrogens (primary N) is 1. The Morgan fingerprint density at radius 2 is 1.86 bits per heavy atom. The van der Waals surface area contributed by atoms with Gasteiger partial charge in [0.05, 0.1) is 22.0 Å². The van der Waals surface area contributed by atoms with Crippen molar-refractivity contribution >= 4 is 40.5 Å². The third-order valence-electron chi connectivity index (χ3n) is 2.97. The molecular weight excluding hydrogens is 315 g/mol. The second kappa shape index (κ2) is 5.35. The minimum absolute atomic E-state index is 0.134. The number of ether oxygens (including phenoxy) is 2. The highest BCUT2D eigenvalue weighted by Gasteiger charge is 2.18. The molecular formula is C14H10Cl2N2O3. The van der Waals surface area contributed by atoms with E-state index in [-0.39, 0.29) is 17.7 Å². The molecule has 0 bridgehead atoms. The molecule has 2 aromatic rings. The van der Waals surface area contributed by atoms with E-state index in [9.17, 15) is 4.79 Å². The summed E-state index contributed by atoms with van der Waals surface area (Å²) in [7, 11) is 0. The lowest BCUT2D eigenvalue weighted by Gasteiger charge is -2.10. The molecule has 0 spiro atoms. The normalized spacial score (nSPS) is 12.3. The largest absolute Gasteiger partial charge is 0.454 e. The number of hydrogen-bond donors (Lipinski definition) is 2. The molecule has 0 atom stereocenters. The Morgan fingerprint density at radius 1 is 1.14 bits per heavy atom. The highest BCUT2D eigenvalue weighted by molar-refractivity contribution is 6.37. The Morgan fingerprint density at radius 3 is 2.57 bits per heavy atom. The van der Waals surface area contributed by atoms with Crippen LogP contribution in [-0.2, 0) is 0 Å². The van der Waals surface area contributed by atoms with E-state index in [1.54, 1.807) is 24.3 Å². The molecule has 1 heterocycles. The van der Waals surface area contributed by atoms with Gasteiger partial charge in [-0.2, -0.15) is 0 Å². The maximum absolute atomic E-state index is 12.2. The number of halogens is 2. The molecule has 3 N–H and O–H groups in total. The molecule has 108 valence electrons. The summed E-state index contributed by atoms with van der Waals surface area (Å²) in [5, 5.41) is 3.41. The van der Waals surface area contributed by atoms with E-state index in [0.717, 1.165) is 0 Å². The number of nitrogens with one attached hydrogen (secondary N) is 1. The smallest absolute Gasteiger partial charge is 0.257 e. The number of anilines is 2. The summed E-state index contributed by atoms with van der Waals surface area (Å²) in [5.74, 6) is 0.693. The van der Waals surface area contributed by atoms with Crippen molar-refractivity contribution in [2.24, 2.45) is 0 Å². The monoisotopic (exact) mass is 324 g/mol.